The number of carboxylic acid groups (broad SMARTS) is 1. The van der Waals surface area contributed by atoms with Gasteiger partial charge in [0, 0.05) is 18.5 Å². The molecule has 0 unspecified atom stereocenters. The number of benzene rings is 1. The van der Waals surface area contributed by atoms with E-state index >= 15 is 0 Å². The average molecular weight is 289 g/mol. The fraction of sp³-hybridized carbons (Fsp3) is 0.400. The van der Waals surface area contributed by atoms with Gasteiger partial charge in [-0.05, 0) is 24.6 Å². The van der Waals surface area contributed by atoms with E-state index < -0.39 is 5.97 Å². The van der Waals surface area contributed by atoms with Gasteiger partial charge in [-0.3, -0.25) is 0 Å². The molecule has 2 rings (SSSR count). The molecule has 0 spiro atoms. The lowest BCUT2D eigenvalue weighted by Crippen LogP contribution is -2.28. The molecule has 2 N–H and O–H groups in total. The molecule has 1 aromatic carbocycles. The summed E-state index contributed by atoms with van der Waals surface area (Å²) in [5.74, 6) is -0.241. The van der Waals surface area contributed by atoms with E-state index in [-0.39, 0.29) is 12.2 Å². The summed E-state index contributed by atoms with van der Waals surface area (Å²) >= 11 is 0. The highest BCUT2D eigenvalue weighted by molar-refractivity contribution is 5.96. The number of hydrogen-bond donors (Lipinski definition) is 2. The number of carboxylic acids is 1. The molecule has 0 amide bonds. The monoisotopic (exact) mass is 289 g/mol. The Labute approximate surface area is 123 Å². The number of carbonyl (C=O) groups is 1. The fourth-order valence-electron chi connectivity index (χ4n) is 2.22. The Balaban J connectivity index is 2.44. The third kappa shape index (κ3) is 3.46. The molecule has 1 aromatic heterocycles. The third-order valence-corrected chi connectivity index (χ3v) is 3.31. The number of rotatable bonds is 7. The predicted octanol–water partition coefficient (Wildman–Crippen LogP) is 1.93. The van der Waals surface area contributed by atoms with E-state index in [0.29, 0.717) is 12.1 Å². The molecule has 0 aliphatic rings. The van der Waals surface area contributed by atoms with Crippen molar-refractivity contribution in [2.24, 2.45) is 0 Å². The van der Waals surface area contributed by atoms with E-state index in [4.69, 9.17) is 5.11 Å². The number of aliphatic hydroxyl groups excluding tert-OH is 1. The van der Waals surface area contributed by atoms with Crippen LogP contribution in [0.1, 0.15) is 30.1 Å². The maximum Gasteiger partial charge on any atom is 0.335 e. The highest BCUT2D eigenvalue weighted by atomic mass is 16.4. The molecule has 0 radical (unpaired) electrons. The minimum absolute atomic E-state index is 0.0441. The van der Waals surface area contributed by atoms with Crippen LogP contribution in [0.3, 0.4) is 0 Å². The van der Waals surface area contributed by atoms with E-state index in [0.717, 1.165) is 30.6 Å². The van der Waals surface area contributed by atoms with Gasteiger partial charge in [0.1, 0.15) is 12.1 Å². The number of aromatic carboxylic acids is 1. The van der Waals surface area contributed by atoms with Gasteiger partial charge in [0.15, 0.2) is 0 Å². The number of anilines is 1. The van der Waals surface area contributed by atoms with Crippen molar-refractivity contribution in [1.82, 2.24) is 9.97 Å². The van der Waals surface area contributed by atoms with Crippen molar-refractivity contribution in [3.63, 3.8) is 0 Å². The molecule has 1 heterocycles. The highest BCUT2D eigenvalue weighted by Gasteiger charge is 2.13. The Hall–Kier alpha value is -2.21. The average Bonchev–Trinajstić information content (AvgIpc) is 2.50. The van der Waals surface area contributed by atoms with Gasteiger partial charge in [-0.15, -0.1) is 0 Å². The van der Waals surface area contributed by atoms with E-state index in [1.807, 2.05) is 4.90 Å². The maximum absolute atomic E-state index is 11.0. The molecule has 0 bridgehead atoms. The van der Waals surface area contributed by atoms with Crippen LogP contribution in [0.15, 0.2) is 24.5 Å². The molecule has 0 aliphatic carbocycles. The van der Waals surface area contributed by atoms with Crippen LogP contribution in [0.4, 0.5) is 5.82 Å². The van der Waals surface area contributed by atoms with Gasteiger partial charge in [0.05, 0.1) is 17.7 Å². The highest BCUT2D eigenvalue weighted by Crippen LogP contribution is 2.24. The second-order valence-corrected chi connectivity index (χ2v) is 4.80. The first kappa shape index (κ1) is 15.2. The summed E-state index contributed by atoms with van der Waals surface area (Å²) in [5.41, 5.74) is 0.800. The fourth-order valence-corrected chi connectivity index (χ4v) is 2.22. The zero-order valence-corrected chi connectivity index (χ0v) is 12.0. The van der Waals surface area contributed by atoms with Gasteiger partial charge in [-0.1, -0.05) is 13.3 Å². The Morgan fingerprint density at radius 3 is 2.76 bits per heavy atom. The van der Waals surface area contributed by atoms with Crippen LogP contribution in [0, 0.1) is 0 Å². The van der Waals surface area contributed by atoms with Crippen LogP contribution >= 0.6 is 0 Å². The van der Waals surface area contributed by atoms with Crippen LogP contribution < -0.4 is 4.90 Å². The standard InChI is InChI=1S/C15H19N3O3/c1-2-3-6-18(7-8-19)14-12-5-4-11(15(20)21)9-13(12)16-10-17-14/h4-5,9-10,19H,2-3,6-8H2,1H3,(H,20,21). The molecule has 0 atom stereocenters. The molecule has 0 fully saturated rings. The predicted molar refractivity (Wildman–Crippen MR) is 80.7 cm³/mol. The number of fused-ring (bicyclic) bond motifs is 1. The number of aliphatic hydroxyl groups is 1. The van der Waals surface area contributed by atoms with E-state index in [9.17, 15) is 9.90 Å². The Kier molecular flexibility index (Phi) is 5.05. The van der Waals surface area contributed by atoms with Gasteiger partial charge in [-0.25, -0.2) is 14.8 Å². The first-order valence-electron chi connectivity index (χ1n) is 7.01. The van der Waals surface area contributed by atoms with Crippen LogP contribution in [-0.2, 0) is 0 Å². The lowest BCUT2D eigenvalue weighted by atomic mass is 10.1. The summed E-state index contributed by atoms with van der Waals surface area (Å²) in [6, 6.07) is 4.82. The maximum atomic E-state index is 11.0. The number of hydrogen-bond acceptors (Lipinski definition) is 5. The number of aromatic nitrogens is 2. The Morgan fingerprint density at radius 1 is 1.29 bits per heavy atom. The Morgan fingerprint density at radius 2 is 2.10 bits per heavy atom. The molecule has 6 heteroatoms. The van der Waals surface area contributed by atoms with E-state index in [1.165, 1.54) is 6.33 Å². The lowest BCUT2D eigenvalue weighted by Gasteiger charge is -2.23. The van der Waals surface area contributed by atoms with Crippen LogP contribution in [0.25, 0.3) is 10.9 Å². The van der Waals surface area contributed by atoms with Crippen molar-refractivity contribution in [3.8, 4) is 0 Å². The summed E-state index contributed by atoms with van der Waals surface area (Å²) in [6.45, 7) is 3.44. The third-order valence-electron chi connectivity index (χ3n) is 3.31. The summed E-state index contributed by atoms with van der Waals surface area (Å²) in [6.07, 6.45) is 3.48. The molecular formula is C15H19N3O3. The van der Waals surface area contributed by atoms with Crippen molar-refractivity contribution in [1.29, 1.82) is 0 Å². The summed E-state index contributed by atoms with van der Waals surface area (Å²) in [7, 11) is 0. The molecule has 6 nitrogen and oxygen atoms in total. The topological polar surface area (TPSA) is 86.5 Å². The zero-order valence-electron chi connectivity index (χ0n) is 12.0. The van der Waals surface area contributed by atoms with Gasteiger partial charge >= 0.3 is 5.97 Å². The van der Waals surface area contributed by atoms with E-state index in [2.05, 4.69) is 16.9 Å². The lowest BCUT2D eigenvalue weighted by molar-refractivity contribution is 0.0697. The molecule has 0 saturated heterocycles. The van der Waals surface area contributed by atoms with Gasteiger partial charge < -0.3 is 15.1 Å². The molecule has 21 heavy (non-hydrogen) atoms. The van der Waals surface area contributed by atoms with Crippen molar-refractivity contribution >= 4 is 22.7 Å². The quantitative estimate of drug-likeness (QED) is 0.810. The molecule has 0 aliphatic heterocycles. The van der Waals surface area contributed by atoms with Crippen molar-refractivity contribution in [2.45, 2.75) is 19.8 Å². The number of unbranched alkanes of at least 4 members (excludes halogenated alkanes) is 1. The van der Waals surface area contributed by atoms with Gasteiger partial charge in [-0.2, -0.15) is 0 Å². The van der Waals surface area contributed by atoms with E-state index in [1.54, 1.807) is 18.2 Å². The van der Waals surface area contributed by atoms with Crippen molar-refractivity contribution in [3.05, 3.63) is 30.1 Å². The molecule has 0 saturated carbocycles. The molecule has 2 aromatic rings. The van der Waals surface area contributed by atoms with Gasteiger partial charge in [0.2, 0.25) is 0 Å². The Bertz CT molecular complexity index is 631. The first-order valence-corrected chi connectivity index (χ1v) is 7.01. The largest absolute Gasteiger partial charge is 0.478 e. The minimum Gasteiger partial charge on any atom is -0.478 e. The van der Waals surface area contributed by atoms with Crippen molar-refractivity contribution < 1.29 is 15.0 Å². The smallest absolute Gasteiger partial charge is 0.335 e. The molecular weight excluding hydrogens is 270 g/mol. The zero-order chi connectivity index (χ0) is 15.2. The summed E-state index contributed by atoms with van der Waals surface area (Å²) in [5, 5.41) is 19.1. The van der Waals surface area contributed by atoms with Gasteiger partial charge in [0.25, 0.3) is 0 Å². The van der Waals surface area contributed by atoms with Crippen molar-refractivity contribution in [2.75, 3.05) is 24.6 Å². The minimum atomic E-state index is -0.977. The van der Waals surface area contributed by atoms with Crippen LogP contribution in [-0.4, -0.2) is 45.8 Å². The first-order chi connectivity index (χ1) is 10.2. The normalized spacial score (nSPS) is 10.8. The molecule has 112 valence electrons. The number of nitrogens with zero attached hydrogens (tertiary/aromatic N) is 3. The van der Waals surface area contributed by atoms with Crippen LogP contribution in [0.2, 0.25) is 0 Å². The summed E-state index contributed by atoms with van der Waals surface area (Å²) in [4.78, 5) is 21.5. The second-order valence-electron chi connectivity index (χ2n) is 4.80. The SMILES string of the molecule is CCCCN(CCO)c1ncnc2cc(C(=O)O)ccc12. The van der Waals surface area contributed by atoms with Crippen LogP contribution in [0.5, 0.6) is 0 Å². The summed E-state index contributed by atoms with van der Waals surface area (Å²) < 4.78 is 0. The second kappa shape index (κ2) is 6.99.